The first kappa shape index (κ1) is 21.0. The van der Waals surface area contributed by atoms with Crippen LogP contribution in [0.3, 0.4) is 0 Å². The van der Waals surface area contributed by atoms with Gasteiger partial charge in [-0.2, -0.15) is 5.26 Å². The Balaban J connectivity index is 1.80. The number of hydrogen-bond donors (Lipinski definition) is 1. The molecule has 0 atom stereocenters. The third-order valence-electron chi connectivity index (χ3n) is 4.33. The molecule has 3 aromatic rings. The molecule has 1 aromatic heterocycles. The number of anilines is 1. The van der Waals surface area contributed by atoms with Gasteiger partial charge < -0.3 is 9.73 Å². The molecule has 1 heterocycles. The number of nitrogens with one attached hydrogen (secondary N) is 1. The van der Waals surface area contributed by atoms with Crippen LogP contribution in [0.25, 0.3) is 17.4 Å². The number of nitro benzene ring substituents is 1. The minimum Gasteiger partial charge on any atom is -0.457 e. The molecule has 0 aliphatic heterocycles. The van der Waals surface area contributed by atoms with Crippen LogP contribution in [0.4, 0.5) is 11.4 Å². The molecular weight excluding hydrogens is 450 g/mol. The summed E-state index contributed by atoms with van der Waals surface area (Å²) in [4.78, 5) is 22.8. The summed E-state index contributed by atoms with van der Waals surface area (Å²) in [6.45, 7) is 2.04. The zero-order valence-electron chi connectivity index (χ0n) is 15.9. The number of rotatable bonds is 6. The van der Waals surface area contributed by atoms with Gasteiger partial charge in [-0.15, -0.1) is 0 Å². The topological polar surface area (TPSA) is 109 Å². The van der Waals surface area contributed by atoms with E-state index >= 15 is 0 Å². The Morgan fingerprint density at radius 1 is 1.23 bits per heavy atom. The van der Waals surface area contributed by atoms with Crippen LogP contribution < -0.4 is 5.32 Å². The van der Waals surface area contributed by atoms with E-state index < -0.39 is 10.8 Å². The number of halogens is 1. The SMILES string of the molecule is CCc1ccc(NC(=O)/C(C#N)=C/c2ccc(-c3ccc([N+](=O)[O-])cc3Br)o2)cc1. The van der Waals surface area contributed by atoms with E-state index in [-0.39, 0.29) is 11.3 Å². The predicted octanol–water partition coefficient (Wildman–Crippen LogP) is 5.73. The summed E-state index contributed by atoms with van der Waals surface area (Å²) in [5, 5.41) is 22.9. The lowest BCUT2D eigenvalue weighted by Gasteiger charge is -2.05. The molecule has 8 heteroatoms. The van der Waals surface area contributed by atoms with Crippen LogP contribution >= 0.6 is 15.9 Å². The van der Waals surface area contributed by atoms with Crippen molar-refractivity contribution in [3.63, 3.8) is 0 Å². The molecule has 2 aromatic carbocycles. The molecule has 0 aliphatic rings. The van der Waals surface area contributed by atoms with Crippen LogP contribution in [0.2, 0.25) is 0 Å². The molecule has 150 valence electrons. The molecule has 0 saturated heterocycles. The van der Waals surface area contributed by atoms with E-state index in [9.17, 15) is 20.2 Å². The monoisotopic (exact) mass is 465 g/mol. The Hall–Kier alpha value is -3.70. The Morgan fingerprint density at radius 2 is 1.97 bits per heavy atom. The number of hydrogen-bond acceptors (Lipinski definition) is 5. The summed E-state index contributed by atoms with van der Waals surface area (Å²) in [6, 6.07) is 16.8. The quantitative estimate of drug-likeness (QED) is 0.216. The van der Waals surface area contributed by atoms with Gasteiger partial charge in [0.05, 0.1) is 4.92 Å². The molecule has 0 fully saturated rings. The third kappa shape index (κ3) is 4.82. The largest absolute Gasteiger partial charge is 0.457 e. The van der Waals surface area contributed by atoms with Gasteiger partial charge in [0.25, 0.3) is 11.6 Å². The molecular formula is C22H16BrN3O4. The lowest BCUT2D eigenvalue weighted by Crippen LogP contribution is -2.13. The van der Waals surface area contributed by atoms with Crippen molar-refractivity contribution in [2.75, 3.05) is 5.32 Å². The van der Waals surface area contributed by atoms with Gasteiger partial charge in [0.2, 0.25) is 0 Å². The van der Waals surface area contributed by atoms with Gasteiger partial charge in [-0.05, 0) is 58.2 Å². The maximum Gasteiger partial charge on any atom is 0.270 e. The highest BCUT2D eigenvalue weighted by molar-refractivity contribution is 9.10. The smallest absolute Gasteiger partial charge is 0.270 e. The number of carbonyl (C=O) groups excluding carboxylic acids is 1. The van der Waals surface area contributed by atoms with Crippen molar-refractivity contribution in [2.24, 2.45) is 0 Å². The Bertz CT molecular complexity index is 1170. The van der Waals surface area contributed by atoms with E-state index in [0.29, 0.717) is 27.2 Å². The minimum atomic E-state index is -0.545. The van der Waals surface area contributed by atoms with E-state index in [0.717, 1.165) is 12.0 Å². The second-order valence-electron chi connectivity index (χ2n) is 6.30. The first-order valence-corrected chi connectivity index (χ1v) is 9.76. The molecule has 0 bridgehead atoms. The second kappa shape index (κ2) is 9.20. The number of benzene rings is 2. The molecule has 0 spiro atoms. The standard InChI is InChI=1S/C22H16BrN3O4/c1-2-14-3-5-16(6-4-14)25-22(27)15(13-24)11-18-8-10-21(30-18)19-9-7-17(26(28)29)12-20(19)23/h3-12H,2H2,1H3,(H,25,27)/b15-11+. The Kier molecular flexibility index (Phi) is 6.45. The second-order valence-corrected chi connectivity index (χ2v) is 7.15. The molecule has 0 radical (unpaired) electrons. The normalized spacial score (nSPS) is 11.0. The number of nitro groups is 1. The van der Waals surface area contributed by atoms with Crippen molar-refractivity contribution < 1.29 is 14.1 Å². The van der Waals surface area contributed by atoms with Crippen LogP contribution in [0.1, 0.15) is 18.2 Å². The number of furan rings is 1. The van der Waals surface area contributed by atoms with Crippen molar-refractivity contribution >= 4 is 39.3 Å². The number of aryl methyl sites for hydroxylation is 1. The van der Waals surface area contributed by atoms with E-state index in [1.165, 1.54) is 18.2 Å². The molecule has 7 nitrogen and oxygen atoms in total. The van der Waals surface area contributed by atoms with Crippen LogP contribution in [0, 0.1) is 21.4 Å². The van der Waals surface area contributed by atoms with Crippen LogP contribution in [-0.4, -0.2) is 10.8 Å². The van der Waals surface area contributed by atoms with E-state index in [1.54, 1.807) is 30.3 Å². The van der Waals surface area contributed by atoms with Crippen molar-refractivity contribution in [1.82, 2.24) is 0 Å². The van der Waals surface area contributed by atoms with Crippen molar-refractivity contribution in [3.05, 3.63) is 86.1 Å². The summed E-state index contributed by atoms with van der Waals surface area (Å²) >= 11 is 3.30. The fourth-order valence-corrected chi connectivity index (χ4v) is 3.27. The summed E-state index contributed by atoms with van der Waals surface area (Å²) in [6.07, 6.45) is 2.24. The van der Waals surface area contributed by atoms with Gasteiger partial charge in [-0.1, -0.05) is 19.1 Å². The predicted molar refractivity (Wildman–Crippen MR) is 117 cm³/mol. The first-order valence-electron chi connectivity index (χ1n) is 8.97. The van der Waals surface area contributed by atoms with Gasteiger partial charge in [0, 0.05) is 33.9 Å². The number of nitrogens with zero attached hydrogens (tertiary/aromatic N) is 2. The summed E-state index contributed by atoms with van der Waals surface area (Å²) in [5.74, 6) is 0.204. The maximum absolute atomic E-state index is 12.4. The molecule has 3 rings (SSSR count). The van der Waals surface area contributed by atoms with Crippen LogP contribution in [-0.2, 0) is 11.2 Å². The summed E-state index contributed by atoms with van der Waals surface area (Å²) < 4.78 is 6.20. The van der Waals surface area contributed by atoms with E-state index in [1.807, 2.05) is 25.1 Å². The fourth-order valence-electron chi connectivity index (χ4n) is 2.71. The van der Waals surface area contributed by atoms with E-state index in [2.05, 4.69) is 21.2 Å². The molecule has 0 saturated carbocycles. The van der Waals surface area contributed by atoms with Crippen LogP contribution in [0.15, 0.2) is 69.1 Å². The maximum atomic E-state index is 12.4. The molecule has 1 N–H and O–H groups in total. The zero-order valence-corrected chi connectivity index (χ0v) is 17.5. The summed E-state index contributed by atoms with van der Waals surface area (Å²) in [7, 11) is 0. The van der Waals surface area contributed by atoms with Gasteiger partial charge in [-0.25, -0.2) is 0 Å². The summed E-state index contributed by atoms with van der Waals surface area (Å²) in [5.41, 5.74) is 2.18. The molecule has 30 heavy (non-hydrogen) atoms. The average Bonchev–Trinajstić information content (AvgIpc) is 3.20. The van der Waals surface area contributed by atoms with Gasteiger partial charge in [0.15, 0.2) is 0 Å². The Morgan fingerprint density at radius 3 is 2.57 bits per heavy atom. The van der Waals surface area contributed by atoms with Gasteiger partial charge in [0.1, 0.15) is 23.2 Å². The number of carbonyl (C=O) groups is 1. The lowest BCUT2D eigenvalue weighted by molar-refractivity contribution is -0.384. The fraction of sp³-hybridized carbons (Fsp3) is 0.0909. The molecule has 1 amide bonds. The third-order valence-corrected chi connectivity index (χ3v) is 4.98. The first-order chi connectivity index (χ1) is 14.4. The Labute approximate surface area is 180 Å². The van der Waals surface area contributed by atoms with Gasteiger partial charge in [-0.3, -0.25) is 14.9 Å². The van der Waals surface area contributed by atoms with Crippen molar-refractivity contribution in [2.45, 2.75) is 13.3 Å². The highest BCUT2D eigenvalue weighted by atomic mass is 79.9. The average molecular weight is 466 g/mol. The molecule has 0 unspecified atom stereocenters. The zero-order chi connectivity index (χ0) is 21.7. The highest BCUT2D eigenvalue weighted by Gasteiger charge is 2.15. The van der Waals surface area contributed by atoms with Crippen molar-refractivity contribution in [1.29, 1.82) is 5.26 Å². The number of nitriles is 1. The van der Waals surface area contributed by atoms with Crippen molar-refractivity contribution in [3.8, 4) is 17.4 Å². The molecule has 0 aliphatic carbocycles. The van der Waals surface area contributed by atoms with E-state index in [4.69, 9.17) is 4.42 Å². The lowest BCUT2D eigenvalue weighted by atomic mass is 10.1. The minimum absolute atomic E-state index is 0.0484. The highest BCUT2D eigenvalue weighted by Crippen LogP contribution is 2.33. The van der Waals surface area contributed by atoms with Crippen LogP contribution in [0.5, 0.6) is 0 Å². The number of non-ortho nitro benzene ring substituents is 1. The van der Waals surface area contributed by atoms with Gasteiger partial charge >= 0.3 is 0 Å². The number of amides is 1.